The number of hydrogen-bond acceptors (Lipinski definition) is 6. The first-order chi connectivity index (χ1) is 13.9. The molecule has 29 heavy (non-hydrogen) atoms. The van der Waals surface area contributed by atoms with E-state index in [1.165, 1.54) is 17.5 Å². The van der Waals surface area contributed by atoms with Gasteiger partial charge in [0.25, 0.3) is 0 Å². The molecule has 3 aromatic rings. The van der Waals surface area contributed by atoms with Crippen molar-refractivity contribution in [2.45, 2.75) is 18.2 Å². The van der Waals surface area contributed by atoms with Gasteiger partial charge in [0.15, 0.2) is 5.13 Å². The Morgan fingerprint density at radius 2 is 1.83 bits per heavy atom. The van der Waals surface area contributed by atoms with Crippen LogP contribution in [0, 0.1) is 6.92 Å². The van der Waals surface area contributed by atoms with Crippen LogP contribution in [0.3, 0.4) is 0 Å². The molecule has 2 aromatic carbocycles. The topological polar surface area (TPSA) is 88.2 Å². The van der Waals surface area contributed by atoms with E-state index in [0.717, 1.165) is 0 Å². The largest absolute Gasteiger partial charge is 0.361 e. The van der Waals surface area contributed by atoms with Gasteiger partial charge < -0.3 is 5.32 Å². The second-order valence-corrected chi connectivity index (χ2v) is 9.46. The minimum Gasteiger partial charge on any atom is -0.361 e. The van der Waals surface area contributed by atoms with Crippen molar-refractivity contribution >= 4 is 43.9 Å². The fourth-order valence-corrected chi connectivity index (χ4v) is 5.00. The van der Waals surface area contributed by atoms with Gasteiger partial charge >= 0.3 is 0 Å². The molecule has 0 saturated carbocycles. The summed E-state index contributed by atoms with van der Waals surface area (Å²) in [6.07, 6.45) is 2.08. The molecule has 0 fully saturated rings. The predicted octanol–water partition coefficient (Wildman–Crippen LogP) is 4.12. The van der Waals surface area contributed by atoms with Gasteiger partial charge in [0.05, 0.1) is 21.0 Å². The van der Waals surface area contributed by atoms with E-state index in [4.69, 9.17) is 11.6 Å². The minimum absolute atomic E-state index is 0.174. The summed E-state index contributed by atoms with van der Waals surface area (Å²) in [6.45, 7) is 2.57. The first kappa shape index (κ1) is 21.4. The van der Waals surface area contributed by atoms with Gasteiger partial charge in [-0.1, -0.05) is 53.3 Å². The Kier molecular flexibility index (Phi) is 7.02. The Labute approximate surface area is 179 Å². The lowest BCUT2D eigenvalue weighted by Crippen LogP contribution is -2.26. The molecule has 0 spiro atoms. The molecule has 0 unspecified atom stereocenters. The first-order valence-corrected chi connectivity index (χ1v) is 11.6. The van der Waals surface area contributed by atoms with Crippen LogP contribution in [0.25, 0.3) is 0 Å². The molecule has 3 rings (SSSR count). The van der Waals surface area contributed by atoms with E-state index < -0.39 is 10.0 Å². The molecule has 0 radical (unpaired) electrons. The molecule has 0 amide bonds. The van der Waals surface area contributed by atoms with Crippen LogP contribution in [0.4, 0.5) is 5.13 Å². The summed E-state index contributed by atoms with van der Waals surface area (Å²) in [5.74, 6) is -0.174. The lowest BCUT2D eigenvalue weighted by Gasteiger charge is -2.09. The van der Waals surface area contributed by atoms with Gasteiger partial charge in [-0.3, -0.25) is 4.79 Å². The molecule has 6 nitrogen and oxygen atoms in total. The second-order valence-electron chi connectivity index (χ2n) is 6.28. The molecule has 0 atom stereocenters. The summed E-state index contributed by atoms with van der Waals surface area (Å²) in [7, 11) is -3.53. The number of halogens is 1. The Balaban J connectivity index is 1.49. The molecule has 0 saturated heterocycles. The number of thiazole rings is 1. The number of anilines is 1. The average Bonchev–Trinajstić information content (AvgIpc) is 3.16. The second kappa shape index (κ2) is 9.49. The van der Waals surface area contributed by atoms with E-state index in [2.05, 4.69) is 15.0 Å². The first-order valence-electron chi connectivity index (χ1n) is 8.93. The number of ketones is 1. The van der Waals surface area contributed by atoms with Crippen molar-refractivity contribution in [1.82, 2.24) is 9.71 Å². The maximum atomic E-state index is 12.5. The third kappa shape index (κ3) is 5.42. The van der Waals surface area contributed by atoms with Crippen molar-refractivity contribution in [2.75, 3.05) is 18.4 Å². The monoisotopic (exact) mass is 449 g/mol. The summed E-state index contributed by atoms with van der Waals surface area (Å²) in [6, 6.07) is 13.7. The zero-order valence-corrected chi connectivity index (χ0v) is 18.1. The SMILES string of the molecule is Cc1ccccc1S(=O)(=O)NCCCNc1ncc(C(=O)c2ccccc2Cl)s1. The van der Waals surface area contributed by atoms with Crippen LogP contribution >= 0.6 is 22.9 Å². The maximum Gasteiger partial charge on any atom is 0.240 e. The smallest absolute Gasteiger partial charge is 0.240 e. The van der Waals surface area contributed by atoms with E-state index in [1.54, 1.807) is 55.5 Å². The summed E-state index contributed by atoms with van der Waals surface area (Å²) >= 11 is 7.31. The molecule has 1 aromatic heterocycles. The predicted molar refractivity (Wildman–Crippen MR) is 116 cm³/mol. The number of hydrogen-bond donors (Lipinski definition) is 2. The summed E-state index contributed by atoms with van der Waals surface area (Å²) in [4.78, 5) is 17.5. The number of carbonyl (C=O) groups excluding carboxylic acids is 1. The summed E-state index contributed by atoms with van der Waals surface area (Å²) in [5, 5.41) is 4.11. The third-order valence-corrected chi connectivity index (χ3v) is 7.06. The Morgan fingerprint density at radius 3 is 2.59 bits per heavy atom. The normalized spacial score (nSPS) is 11.4. The van der Waals surface area contributed by atoms with Crippen molar-refractivity contribution in [3.05, 3.63) is 75.8 Å². The molecule has 152 valence electrons. The van der Waals surface area contributed by atoms with Crippen LogP contribution in [-0.2, 0) is 10.0 Å². The molecule has 2 N–H and O–H groups in total. The van der Waals surface area contributed by atoms with E-state index in [9.17, 15) is 13.2 Å². The van der Waals surface area contributed by atoms with Crippen LogP contribution in [0.5, 0.6) is 0 Å². The van der Waals surface area contributed by atoms with Crippen molar-refractivity contribution in [1.29, 1.82) is 0 Å². The van der Waals surface area contributed by atoms with E-state index in [0.29, 0.717) is 45.7 Å². The minimum atomic E-state index is -3.53. The summed E-state index contributed by atoms with van der Waals surface area (Å²) < 4.78 is 27.3. The number of aromatic nitrogens is 1. The lowest BCUT2D eigenvalue weighted by atomic mass is 10.1. The summed E-state index contributed by atoms with van der Waals surface area (Å²) in [5.41, 5.74) is 1.15. The highest BCUT2D eigenvalue weighted by molar-refractivity contribution is 7.89. The van der Waals surface area contributed by atoms with Crippen LogP contribution in [-0.4, -0.2) is 32.3 Å². The van der Waals surface area contributed by atoms with Crippen molar-refractivity contribution in [2.24, 2.45) is 0 Å². The highest BCUT2D eigenvalue weighted by Crippen LogP contribution is 2.24. The van der Waals surface area contributed by atoms with Gasteiger partial charge in [0.1, 0.15) is 0 Å². The van der Waals surface area contributed by atoms with Gasteiger partial charge in [-0.25, -0.2) is 18.1 Å². The molecule has 1 heterocycles. The van der Waals surface area contributed by atoms with Gasteiger partial charge in [0.2, 0.25) is 15.8 Å². The average molecular weight is 450 g/mol. The molecule has 0 aliphatic rings. The van der Waals surface area contributed by atoms with Crippen LogP contribution < -0.4 is 10.0 Å². The van der Waals surface area contributed by atoms with Crippen molar-refractivity contribution in [3.63, 3.8) is 0 Å². The molecule has 0 aliphatic heterocycles. The fraction of sp³-hybridized carbons (Fsp3) is 0.200. The van der Waals surface area contributed by atoms with Gasteiger partial charge in [-0.2, -0.15) is 0 Å². The third-order valence-electron chi connectivity index (χ3n) is 4.15. The zero-order chi connectivity index (χ0) is 20.9. The number of benzene rings is 2. The van der Waals surface area contributed by atoms with Crippen LogP contribution in [0.15, 0.2) is 59.6 Å². The van der Waals surface area contributed by atoms with E-state index >= 15 is 0 Å². The van der Waals surface area contributed by atoms with Crippen LogP contribution in [0.2, 0.25) is 5.02 Å². The fourth-order valence-electron chi connectivity index (χ4n) is 2.66. The van der Waals surface area contributed by atoms with E-state index in [-0.39, 0.29) is 10.7 Å². The Morgan fingerprint density at radius 1 is 1.10 bits per heavy atom. The van der Waals surface area contributed by atoms with Gasteiger partial charge in [-0.15, -0.1) is 0 Å². The van der Waals surface area contributed by atoms with Crippen molar-refractivity contribution < 1.29 is 13.2 Å². The lowest BCUT2D eigenvalue weighted by molar-refractivity contribution is 0.104. The molecular formula is C20H20ClN3O3S2. The quantitative estimate of drug-likeness (QED) is 0.379. The number of carbonyl (C=O) groups is 1. The number of nitrogens with zero attached hydrogens (tertiary/aromatic N) is 1. The van der Waals surface area contributed by atoms with Gasteiger partial charge in [-0.05, 0) is 37.1 Å². The van der Waals surface area contributed by atoms with Gasteiger partial charge in [0, 0.05) is 18.7 Å². The van der Waals surface area contributed by atoms with Crippen LogP contribution in [0.1, 0.15) is 27.2 Å². The highest BCUT2D eigenvalue weighted by Gasteiger charge is 2.16. The number of nitrogens with one attached hydrogen (secondary N) is 2. The maximum absolute atomic E-state index is 12.5. The number of aryl methyl sites for hydroxylation is 1. The Bertz CT molecular complexity index is 1110. The molecular weight excluding hydrogens is 430 g/mol. The van der Waals surface area contributed by atoms with E-state index in [1.807, 2.05) is 0 Å². The van der Waals surface area contributed by atoms with Crippen molar-refractivity contribution in [3.8, 4) is 0 Å². The molecule has 9 heteroatoms. The highest BCUT2D eigenvalue weighted by atomic mass is 35.5. The number of sulfonamides is 1. The zero-order valence-electron chi connectivity index (χ0n) is 15.7. The molecule has 0 bridgehead atoms. The number of rotatable bonds is 9. The molecule has 0 aliphatic carbocycles. The standard InChI is InChI=1S/C20H20ClN3O3S2/c1-14-7-2-5-10-18(14)29(26,27)24-12-6-11-22-20-23-13-17(28-20)19(25)15-8-3-4-9-16(15)21/h2-5,7-10,13,24H,6,11-12H2,1H3,(H,22,23). The Hall–Kier alpha value is -2.26.